The Kier molecular flexibility index (Phi) is 10.1. The summed E-state index contributed by atoms with van der Waals surface area (Å²) in [5, 5.41) is 0. The van der Waals surface area contributed by atoms with E-state index in [1.54, 1.807) is 0 Å². The number of nitrogens with zero attached hydrogens (tertiary/aromatic N) is 2. The van der Waals surface area contributed by atoms with E-state index < -0.39 is 0 Å². The number of anilines is 6. The van der Waals surface area contributed by atoms with Gasteiger partial charge in [-0.15, -0.1) is 0 Å². The van der Waals surface area contributed by atoms with Crippen molar-refractivity contribution in [1.82, 2.24) is 0 Å². The molecule has 0 heterocycles. The third-order valence-corrected chi connectivity index (χ3v) is 10.4. The summed E-state index contributed by atoms with van der Waals surface area (Å²) in [6.07, 6.45) is 0. The largest absolute Gasteiger partial charge is 0.310 e. The first-order valence-corrected chi connectivity index (χ1v) is 19.1. The van der Waals surface area contributed by atoms with E-state index in [2.05, 4.69) is 235 Å². The summed E-state index contributed by atoms with van der Waals surface area (Å²) < 4.78 is 0. The number of rotatable bonds is 8. The van der Waals surface area contributed by atoms with E-state index in [0.717, 1.165) is 34.1 Å². The molecule has 0 unspecified atom stereocenters. The van der Waals surface area contributed by atoms with Gasteiger partial charge in [0.05, 0.1) is 11.4 Å². The molecule has 7 aromatic rings. The second-order valence-electron chi connectivity index (χ2n) is 16.5. The first-order chi connectivity index (χ1) is 25.9. The van der Waals surface area contributed by atoms with Crippen molar-refractivity contribution in [3.8, 4) is 22.3 Å². The predicted octanol–water partition coefficient (Wildman–Crippen LogP) is 15.2. The van der Waals surface area contributed by atoms with Gasteiger partial charge in [0.1, 0.15) is 0 Å². The van der Waals surface area contributed by atoms with Gasteiger partial charge < -0.3 is 9.80 Å². The topological polar surface area (TPSA) is 6.48 Å². The molecule has 0 saturated heterocycles. The molecule has 270 valence electrons. The van der Waals surface area contributed by atoms with Gasteiger partial charge in [0.25, 0.3) is 0 Å². The van der Waals surface area contributed by atoms with Gasteiger partial charge in [-0.2, -0.15) is 0 Å². The Bertz CT molecular complexity index is 2200. The van der Waals surface area contributed by atoms with Gasteiger partial charge >= 0.3 is 0 Å². The minimum Gasteiger partial charge on any atom is -0.310 e. The number of hydrogen-bond donors (Lipinski definition) is 0. The van der Waals surface area contributed by atoms with E-state index in [1.807, 2.05) is 0 Å². The fraction of sp³-hybridized carbons (Fsp3) is 0.192. The van der Waals surface area contributed by atoms with E-state index >= 15 is 0 Å². The average molecular weight is 705 g/mol. The molecule has 2 heteroatoms. The standard InChI is InChI=1S/C52H52N2/c1-37-33-49(53(45-29-25-43(26-30-45)51(3,4)5)46-31-27-44(28-32-46)52(6,7)8)38(2)50(34-37)54(47-23-15-21-41(35-47)39-17-11-9-12-18-39)48-24-16-22-42(36-48)40-19-13-10-14-20-40/h9-36H,1-8H3. The van der Waals surface area contributed by atoms with Gasteiger partial charge in [0.2, 0.25) is 0 Å². The molecule has 0 N–H and O–H groups in total. The summed E-state index contributed by atoms with van der Waals surface area (Å²) in [6, 6.07) is 62.1. The van der Waals surface area contributed by atoms with Crippen LogP contribution in [0, 0.1) is 13.8 Å². The Balaban J connectivity index is 1.45. The highest BCUT2D eigenvalue weighted by Crippen LogP contribution is 2.46. The zero-order valence-electron chi connectivity index (χ0n) is 33.1. The van der Waals surface area contributed by atoms with E-state index in [1.165, 1.54) is 44.5 Å². The van der Waals surface area contributed by atoms with Crippen molar-refractivity contribution < 1.29 is 0 Å². The lowest BCUT2D eigenvalue weighted by molar-refractivity contribution is 0.590. The van der Waals surface area contributed by atoms with Crippen molar-refractivity contribution in [3.63, 3.8) is 0 Å². The molecule has 0 saturated carbocycles. The van der Waals surface area contributed by atoms with Crippen molar-refractivity contribution in [2.45, 2.75) is 66.2 Å². The molecule has 0 aliphatic carbocycles. The van der Waals surface area contributed by atoms with Crippen LogP contribution in [0.4, 0.5) is 34.1 Å². The molecule has 7 rings (SSSR count). The predicted molar refractivity (Wildman–Crippen MR) is 234 cm³/mol. The molecule has 0 amide bonds. The minimum atomic E-state index is 0.0627. The lowest BCUT2D eigenvalue weighted by Crippen LogP contribution is -2.17. The van der Waals surface area contributed by atoms with Gasteiger partial charge in [0.15, 0.2) is 0 Å². The molecule has 0 spiro atoms. The second kappa shape index (κ2) is 14.9. The summed E-state index contributed by atoms with van der Waals surface area (Å²) in [5.41, 5.74) is 16.7. The first kappa shape index (κ1) is 36.5. The Labute approximate surface area is 323 Å². The molecular formula is C52H52N2. The quantitative estimate of drug-likeness (QED) is 0.155. The zero-order valence-corrected chi connectivity index (χ0v) is 33.1. The van der Waals surface area contributed by atoms with Gasteiger partial charge in [-0.3, -0.25) is 0 Å². The number of hydrogen-bond acceptors (Lipinski definition) is 2. The summed E-state index contributed by atoms with van der Waals surface area (Å²) in [4.78, 5) is 4.87. The van der Waals surface area contributed by atoms with Crippen LogP contribution < -0.4 is 9.80 Å². The van der Waals surface area contributed by atoms with Crippen molar-refractivity contribution in [2.24, 2.45) is 0 Å². The van der Waals surface area contributed by atoms with Crippen LogP contribution >= 0.6 is 0 Å². The van der Waals surface area contributed by atoms with Crippen LogP contribution in [0.1, 0.15) is 63.8 Å². The normalized spacial score (nSPS) is 11.7. The molecule has 0 bridgehead atoms. The van der Waals surface area contributed by atoms with E-state index in [-0.39, 0.29) is 10.8 Å². The Morgan fingerprint density at radius 3 is 1.06 bits per heavy atom. The fourth-order valence-electron chi connectivity index (χ4n) is 7.27. The molecule has 0 aliphatic rings. The van der Waals surface area contributed by atoms with Crippen LogP contribution in [0.25, 0.3) is 22.3 Å². The Morgan fingerprint density at radius 2 is 0.685 bits per heavy atom. The van der Waals surface area contributed by atoms with Gasteiger partial charge in [-0.1, -0.05) is 151 Å². The van der Waals surface area contributed by atoms with Gasteiger partial charge in [-0.05, 0) is 130 Å². The summed E-state index contributed by atoms with van der Waals surface area (Å²) in [6.45, 7) is 18.1. The first-order valence-electron chi connectivity index (χ1n) is 19.1. The highest BCUT2D eigenvalue weighted by atomic mass is 15.2. The smallest absolute Gasteiger partial charge is 0.0514 e. The molecule has 2 nitrogen and oxygen atoms in total. The Morgan fingerprint density at radius 1 is 0.333 bits per heavy atom. The molecular weight excluding hydrogens is 653 g/mol. The van der Waals surface area contributed by atoms with Crippen LogP contribution in [0.5, 0.6) is 0 Å². The van der Waals surface area contributed by atoms with Gasteiger partial charge in [0, 0.05) is 22.7 Å². The highest BCUT2D eigenvalue weighted by molar-refractivity contribution is 5.89. The number of aryl methyl sites for hydroxylation is 1. The molecule has 0 fully saturated rings. The third-order valence-electron chi connectivity index (χ3n) is 10.4. The maximum absolute atomic E-state index is 2.44. The van der Waals surface area contributed by atoms with Crippen LogP contribution in [-0.4, -0.2) is 0 Å². The van der Waals surface area contributed by atoms with Crippen molar-refractivity contribution >= 4 is 34.1 Å². The highest BCUT2D eigenvalue weighted by Gasteiger charge is 2.24. The lowest BCUT2D eigenvalue weighted by atomic mass is 9.86. The van der Waals surface area contributed by atoms with Crippen molar-refractivity contribution in [1.29, 1.82) is 0 Å². The third kappa shape index (κ3) is 7.75. The second-order valence-corrected chi connectivity index (χ2v) is 16.5. The lowest BCUT2D eigenvalue weighted by Gasteiger charge is -2.33. The van der Waals surface area contributed by atoms with Crippen LogP contribution in [0.15, 0.2) is 170 Å². The van der Waals surface area contributed by atoms with Crippen molar-refractivity contribution in [3.05, 3.63) is 192 Å². The summed E-state index contributed by atoms with van der Waals surface area (Å²) in [5.74, 6) is 0. The molecule has 7 aromatic carbocycles. The monoisotopic (exact) mass is 704 g/mol. The molecule has 54 heavy (non-hydrogen) atoms. The summed E-state index contributed by atoms with van der Waals surface area (Å²) in [7, 11) is 0. The molecule has 0 atom stereocenters. The molecule has 0 aromatic heterocycles. The van der Waals surface area contributed by atoms with Crippen LogP contribution in [-0.2, 0) is 10.8 Å². The Hall–Kier alpha value is -5.86. The summed E-state index contributed by atoms with van der Waals surface area (Å²) >= 11 is 0. The zero-order chi connectivity index (χ0) is 38.0. The maximum atomic E-state index is 2.44. The maximum Gasteiger partial charge on any atom is 0.0514 e. The van der Waals surface area contributed by atoms with Crippen LogP contribution in [0.2, 0.25) is 0 Å². The van der Waals surface area contributed by atoms with Gasteiger partial charge in [-0.25, -0.2) is 0 Å². The molecule has 0 radical (unpaired) electrons. The number of benzene rings is 7. The fourth-order valence-corrected chi connectivity index (χ4v) is 7.27. The van der Waals surface area contributed by atoms with Crippen LogP contribution in [0.3, 0.4) is 0 Å². The SMILES string of the molecule is Cc1cc(N(c2ccc(C(C)(C)C)cc2)c2ccc(C(C)(C)C)cc2)c(C)c(N(c2cccc(-c3ccccc3)c2)c2cccc(-c3ccccc3)c2)c1. The molecule has 0 aliphatic heterocycles. The van der Waals surface area contributed by atoms with E-state index in [9.17, 15) is 0 Å². The van der Waals surface area contributed by atoms with E-state index in [0.29, 0.717) is 0 Å². The van der Waals surface area contributed by atoms with Crippen molar-refractivity contribution in [2.75, 3.05) is 9.80 Å². The average Bonchev–Trinajstić information content (AvgIpc) is 3.17. The minimum absolute atomic E-state index is 0.0627. The van der Waals surface area contributed by atoms with E-state index in [4.69, 9.17) is 0 Å².